The van der Waals surface area contributed by atoms with Crippen molar-refractivity contribution in [2.45, 2.75) is 69.9 Å². The highest BCUT2D eigenvalue weighted by Gasteiger charge is 2.46. The number of carbonyl (C=O) groups excluding carboxylic acids is 2. The standard InChI is InChI=1S/C18H30N4O9/c1-3-4-5-6-13(26)30-15(11(25)8-23)16-14(21-9(2)24)10(22-18(19)31-20)7-12(29-16)17(27)28/h7,10-11,14-16,23,25H,3-6,8,20H2,1-2H3,(H2,19,22)(H,21,24)(H,27,28)/t10?,11?,14?,15?,16-/m1/s1. The lowest BCUT2D eigenvalue weighted by Crippen LogP contribution is -2.60. The molecule has 5 atom stereocenters. The first-order chi connectivity index (χ1) is 14.6. The number of aliphatic hydroxyl groups is 2. The molecular formula is C18H30N4O9. The monoisotopic (exact) mass is 446 g/mol. The van der Waals surface area contributed by atoms with E-state index in [1.54, 1.807) is 0 Å². The maximum atomic E-state index is 12.3. The molecule has 1 aliphatic rings. The van der Waals surface area contributed by atoms with Crippen LogP contribution in [0.2, 0.25) is 0 Å². The van der Waals surface area contributed by atoms with E-state index in [1.165, 1.54) is 6.92 Å². The van der Waals surface area contributed by atoms with Gasteiger partial charge in [0.15, 0.2) is 12.2 Å². The second kappa shape index (κ2) is 12.7. The van der Waals surface area contributed by atoms with Gasteiger partial charge in [0.05, 0.1) is 12.6 Å². The summed E-state index contributed by atoms with van der Waals surface area (Å²) in [5, 5.41) is 31.7. The van der Waals surface area contributed by atoms with Crippen LogP contribution in [-0.2, 0) is 28.7 Å². The molecule has 31 heavy (non-hydrogen) atoms. The van der Waals surface area contributed by atoms with E-state index < -0.39 is 66.6 Å². The Morgan fingerprint density at radius 3 is 2.55 bits per heavy atom. The second-order valence-corrected chi connectivity index (χ2v) is 6.88. The molecule has 0 saturated carbocycles. The molecule has 0 fully saturated rings. The Labute approximate surface area is 179 Å². The number of nitrogens with one attached hydrogen (secondary N) is 1. The number of rotatable bonds is 11. The van der Waals surface area contributed by atoms with Gasteiger partial charge in [0, 0.05) is 13.3 Å². The van der Waals surface area contributed by atoms with Gasteiger partial charge in [-0.15, -0.1) is 0 Å². The third kappa shape index (κ3) is 8.03. The van der Waals surface area contributed by atoms with Gasteiger partial charge in [0.2, 0.25) is 11.7 Å². The molecule has 1 rings (SSSR count). The van der Waals surface area contributed by atoms with Crippen LogP contribution in [0.15, 0.2) is 16.8 Å². The SMILES string of the molecule is CCCCCC(=O)OC(C(O)CO)[C@@H]1OC(C(=O)O)=CC(N=C(N)ON)C1NC(C)=O. The van der Waals surface area contributed by atoms with Crippen LogP contribution in [0.1, 0.15) is 39.5 Å². The predicted molar refractivity (Wildman–Crippen MR) is 106 cm³/mol. The van der Waals surface area contributed by atoms with Gasteiger partial charge in [0.25, 0.3) is 0 Å². The maximum Gasteiger partial charge on any atom is 0.370 e. The predicted octanol–water partition coefficient (Wildman–Crippen LogP) is -1.72. The van der Waals surface area contributed by atoms with Crippen LogP contribution in [0, 0.1) is 0 Å². The number of aliphatic hydroxyl groups excluding tert-OH is 2. The van der Waals surface area contributed by atoms with Crippen LogP contribution < -0.4 is 16.9 Å². The minimum Gasteiger partial charge on any atom is -0.477 e. The van der Waals surface area contributed by atoms with E-state index in [0.29, 0.717) is 6.42 Å². The number of aliphatic imine (C=N–C) groups is 1. The molecule has 0 aromatic carbocycles. The van der Waals surface area contributed by atoms with Crippen LogP contribution >= 0.6 is 0 Å². The number of aliphatic carboxylic acids is 1. The lowest BCUT2D eigenvalue weighted by atomic mass is 9.92. The third-order valence-corrected chi connectivity index (χ3v) is 4.43. The summed E-state index contributed by atoms with van der Waals surface area (Å²) < 4.78 is 10.8. The molecule has 0 aromatic rings. The minimum absolute atomic E-state index is 0.0389. The van der Waals surface area contributed by atoms with E-state index in [-0.39, 0.29) is 6.42 Å². The molecule has 1 amide bonds. The third-order valence-electron chi connectivity index (χ3n) is 4.43. The van der Waals surface area contributed by atoms with E-state index in [9.17, 15) is 29.7 Å². The van der Waals surface area contributed by atoms with Crippen molar-refractivity contribution in [3.05, 3.63) is 11.8 Å². The van der Waals surface area contributed by atoms with Gasteiger partial charge in [-0.05, 0) is 12.5 Å². The molecule has 4 unspecified atom stereocenters. The number of nitrogens with zero attached hydrogens (tertiary/aromatic N) is 1. The van der Waals surface area contributed by atoms with E-state index in [1.807, 2.05) is 6.92 Å². The van der Waals surface area contributed by atoms with E-state index >= 15 is 0 Å². The van der Waals surface area contributed by atoms with E-state index in [4.69, 9.17) is 21.1 Å². The molecule has 0 aromatic heterocycles. The van der Waals surface area contributed by atoms with Crippen molar-refractivity contribution >= 4 is 23.9 Å². The first-order valence-electron chi connectivity index (χ1n) is 9.71. The summed E-state index contributed by atoms with van der Waals surface area (Å²) in [5.41, 5.74) is 5.47. The van der Waals surface area contributed by atoms with Gasteiger partial charge in [-0.1, -0.05) is 19.8 Å². The molecule has 13 heteroatoms. The number of amides is 1. The molecule has 0 saturated heterocycles. The molecule has 0 radical (unpaired) electrons. The van der Waals surface area contributed by atoms with Gasteiger partial charge >= 0.3 is 18.0 Å². The zero-order valence-corrected chi connectivity index (χ0v) is 17.4. The van der Waals surface area contributed by atoms with Gasteiger partial charge in [0.1, 0.15) is 12.1 Å². The first kappa shape index (κ1) is 26.1. The maximum absolute atomic E-state index is 12.3. The number of hydrogen-bond acceptors (Lipinski definition) is 10. The number of nitrogens with two attached hydrogens (primary N) is 2. The number of ether oxygens (including phenoxy) is 2. The second-order valence-electron chi connectivity index (χ2n) is 6.88. The van der Waals surface area contributed by atoms with Crippen LogP contribution in [0.5, 0.6) is 0 Å². The van der Waals surface area contributed by atoms with Gasteiger partial charge in [-0.2, -0.15) is 5.90 Å². The topological polar surface area (TPSA) is 216 Å². The fraction of sp³-hybridized carbons (Fsp3) is 0.667. The van der Waals surface area contributed by atoms with Crippen molar-refractivity contribution < 1.29 is 44.0 Å². The summed E-state index contributed by atoms with van der Waals surface area (Å²) in [4.78, 5) is 43.8. The number of carboxylic acids is 1. The molecular weight excluding hydrogens is 416 g/mol. The average molecular weight is 446 g/mol. The molecule has 8 N–H and O–H groups in total. The minimum atomic E-state index is -1.64. The largest absolute Gasteiger partial charge is 0.477 e. The fourth-order valence-electron chi connectivity index (χ4n) is 3.00. The molecule has 0 aliphatic carbocycles. The highest BCUT2D eigenvalue weighted by Crippen LogP contribution is 2.27. The molecule has 1 heterocycles. The number of carbonyl (C=O) groups is 3. The van der Waals surface area contributed by atoms with Gasteiger partial charge < -0.3 is 40.7 Å². The average Bonchev–Trinajstić information content (AvgIpc) is 2.72. The van der Waals surface area contributed by atoms with Crippen molar-refractivity contribution in [2.24, 2.45) is 16.6 Å². The lowest BCUT2D eigenvalue weighted by Gasteiger charge is -2.39. The van der Waals surface area contributed by atoms with Crippen molar-refractivity contribution in [2.75, 3.05) is 6.61 Å². The van der Waals surface area contributed by atoms with Crippen LogP contribution in [0.3, 0.4) is 0 Å². The van der Waals surface area contributed by atoms with Crippen molar-refractivity contribution in [1.82, 2.24) is 5.32 Å². The Balaban J connectivity index is 3.35. The fourth-order valence-corrected chi connectivity index (χ4v) is 3.00. The Hall–Kier alpha value is -2.90. The molecule has 0 spiro atoms. The summed E-state index contributed by atoms with van der Waals surface area (Å²) in [6, 6.07) is -2.83. The van der Waals surface area contributed by atoms with E-state index in [2.05, 4.69) is 15.1 Å². The van der Waals surface area contributed by atoms with Gasteiger partial charge in [-0.25, -0.2) is 9.79 Å². The first-order valence-corrected chi connectivity index (χ1v) is 9.71. The number of hydrogen-bond donors (Lipinski definition) is 6. The van der Waals surface area contributed by atoms with Crippen molar-refractivity contribution in [1.29, 1.82) is 0 Å². The molecule has 176 valence electrons. The van der Waals surface area contributed by atoms with Gasteiger partial charge in [-0.3, -0.25) is 9.59 Å². The lowest BCUT2D eigenvalue weighted by molar-refractivity contribution is -0.174. The van der Waals surface area contributed by atoms with Crippen LogP contribution in [0.4, 0.5) is 0 Å². The van der Waals surface area contributed by atoms with Crippen molar-refractivity contribution in [3.8, 4) is 0 Å². The Morgan fingerprint density at radius 1 is 1.35 bits per heavy atom. The Kier molecular flexibility index (Phi) is 10.7. The summed E-state index contributed by atoms with van der Waals surface area (Å²) >= 11 is 0. The highest BCUT2D eigenvalue weighted by molar-refractivity contribution is 5.85. The van der Waals surface area contributed by atoms with Crippen LogP contribution in [-0.4, -0.2) is 76.2 Å². The zero-order valence-electron chi connectivity index (χ0n) is 17.4. The summed E-state index contributed by atoms with van der Waals surface area (Å²) in [5.74, 6) is 1.65. The summed E-state index contributed by atoms with van der Waals surface area (Å²) in [7, 11) is 0. The van der Waals surface area contributed by atoms with Crippen LogP contribution in [0.25, 0.3) is 0 Å². The smallest absolute Gasteiger partial charge is 0.370 e. The number of amidine groups is 1. The number of unbranched alkanes of at least 4 members (excludes halogenated alkanes) is 2. The molecule has 13 nitrogen and oxygen atoms in total. The Morgan fingerprint density at radius 2 is 2.03 bits per heavy atom. The highest BCUT2D eigenvalue weighted by atomic mass is 16.6. The summed E-state index contributed by atoms with van der Waals surface area (Å²) in [6.07, 6.45) is -1.34. The Bertz CT molecular complexity index is 698. The summed E-state index contributed by atoms with van der Waals surface area (Å²) in [6.45, 7) is 2.31. The molecule has 1 aliphatic heterocycles. The normalized spacial score (nSPS) is 23.1. The number of carboxylic acid groups (broad SMARTS) is 1. The number of esters is 1. The quantitative estimate of drug-likeness (QED) is 0.0689. The zero-order chi connectivity index (χ0) is 23.6. The molecule has 0 bridgehead atoms. The van der Waals surface area contributed by atoms with Crippen molar-refractivity contribution in [3.63, 3.8) is 0 Å². The van der Waals surface area contributed by atoms with E-state index in [0.717, 1.165) is 18.9 Å².